The van der Waals surface area contributed by atoms with Gasteiger partial charge in [0.2, 0.25) is 0 Å². The van der Waals surface area contributed by atoms with Crippen LogP contribution < -0.4 is 0 Å². The largest absolute Gasteiger partial charge is 0.389 e. The Hall–Kier alpha value is -0.160. The van der Waals surface area contributed by atoms with E-state index in [4.69, 9.17) is 0 Å². The van der Waals surface area contributed by atoms with Gasteiger partial charge in [-0.15, -0.1) is 0 Å². The first-order chi connectivity index (χ1) is 6.59. The molecule has 2 fully saturated rings. The second-order valence-electron chi connectivity index (χ2n) is 4.76. The Labute approximate surface area is 84.2 Å². The average Bonchev–Trinajstić information content (AvgIpc) is 2.62. The number of hydrogen-bond donors (Lipinski definition) is 3. The van der Waals surface area contributed by atoms with Crippen LogP contribution in [-0.4, -0.2) is 57.7 Å². The van der Waals surface area contributed by atoms with Crippen LogP contribution >= 0.6 is 0 Å². The SMILES string of the molecule is O[C@@H]1CN(CC2(O)CCCC2)C[C@@H]1O. The van der Waals surface area contributed by atoms with Gasteiger partial charge in [0, 0.05) is 19.6 Å². The van der Waals surface area contributed by atoms with E-state index in [1.54, 1.807) is 0 Å². The first kappa shape index (κ1) is 10.4. The molecule has 0 bridgehead atoms. The molecule has 4 heteroatoms. The molecule has 1 heterocycles. The van der Waals surface area contributed by atoms with Gasteiger partial charge in [-0.3, -0.25) is 4.90 Å². The third-order valence-electron chi connectivity index (χ3n) is 3.39. The van der Waals surface area contributed by atoms with E-state index in [1.165, 1.54) is 0 Å². The summed E-state index contributed by atoms with van der Waals surface area (Å²) in [5, 5.41) is 28.8. The van der Waals surface area contributed by atoms with E-state index in [-0.39, 0.29) is 0 Å². The van der Waals surface area contributed by atoms with Crippen molar-refractivity contribution in [3.05, 3.63) is 0 Å². The van der Waals surface area contributed by atoms with Gasteiger partial charge in [-0.05, 0) is 12.8 Å². The highest BCUT2D eigenvalue weighted by Crippen LogP contribution is 2.31. The second kappa shape index (κ2) is 3.77. The van der Waals surface area contributed by atoms with E-state index in [0.717, 1.165) is 25.7 Å². The molecule has 1 saturated heterocycles. The zero-order chi connectivity index (χ0) is 10.2. The van der Waals surface area contributed by atoms with E-state index in [2.05, 4.69) is 0 Å². The summed E-state index contributed by atoms with van der Waals surface area (Å²) in [6.07, 6.45) is 2.62. The maximum absolute atomic E-state index is 10.1. The molecule has 0 unspecified atom stereocenters. The molecule has 0 aromatic heterocycles. The zero-order valence-corrected chi connectivity index (χ0v) is 8.39. The minimum Gasteiger partial charge on any atom is -0.389 e. The van der Waals surface area contributed by atoms with Crippen molar-refractivity contribution < 1.29 is 15.3 Å². The minimum absolute atomic E-state index is 0.490. The van der Waals surface area contributed by atoms with Crippen LogP contribution in [0.4, 0.5) is 0 Å². The number of aliphatic hydroxyl groups is 3. The summed E-state index contributed by atoms with van der Waals surface area (Å²) in [6.45, 7) is 1.58. The normalized spacial score (nSPS) is 37.9. The van der Waals surface area contributed by atoms with Gasteiger partial charge in [0.05, 0.1) is 17.8 Å². The molecule has 0 amide bonds. The van der Waals surface area contributed by atoms with E-state index in [0.29, 0.717) is 19.6 Å². The fourth-order valence-corrected chi connectivity index (χ4v) is 2.58. The Bertz CT molecular complexity index is 194. The van der Waals surface area contributed by atoms with Crippen LogP contribution in [0.15, 0.2) is 0 Å². The van der Waals surface area contributed by atoms with Gasteiger partial charge >= 0.3 is 0 Å². The van der Waals surface area contributed by atoms with Crippen LogP contribution in [0, 0.1) is 0 Å². The maximum atomic E-state index is 10.1. The van der Waals surface area contributed by atoms with Gasteiger partial charge in [0.15, 0.2) is 0 Å². The van der Waals surface area contributed by atoms with Gasteiger partial charge in [0.1, 0.15) is 0 Å². The molecular formula is C10H19NO3. The summed E-state index contributed by atoms with van der Waals surface area (Å²) in [4.78, 5) is 1.96. The molecule has 0 aromatic rings. The predicted molar refractivity (Wildman–Crippen MR) is 51.9 cm³/mol. The fourth-order valence-electron chi connectivity index (χ4n) is 2.58. The van der Waals surface area contributed by atoms with Gasteiger partial charge < -0.3 is 15.3 Å². The van der Waals surface area contributed by atoms with E-state index >= 15 is 0 Å². The van der Waals surface area contributed by atoms with Crippen molar-refractivity contribution in [1.29, 1.82) is 0 Å². The van der Waals surface area contributed by atoms with Crippen LogP contribution in [-0.2, 0) is 0 Å². The molecule has 1 saturated carbocycles. The van der Waals surface area contributed by atoms with E-state index in [1.807, 2.05) is 4.90 Å². The summed E-state index contributed by atoms with van der Waals surface area (Å²) in [7, 11) is 0. The summed E-state index contributed by atoms with van der Waals surface area (Å²) < 4.78 is 0. The maximum Gasteiger partial charge on any atom is 0.0938 e. The highest BCUT2D eigenvalue weighted by Gasteiger charge is 2.37. The van der Waals surface area contributed by atoms with Gasteiger partial charge in [-0.25, -0.2) is 0 Å². The minimum atomic E-state index is -0.639. The Morgan fingerprint density at radius 3 is 2.07 bits per heavy atom. The molecule has 2 atom stereocenters. The van der Waals surface area contributed by atoms with Gasteiger partial charge in [-0.1, -0.05) is 12.8 Å². The number of nitrogens with zero attached hydrogens (tertiary/aromatic N) is 1. The molecule has 3 N–H and O–H groups in total. The molecule has 1 aliphatic heterocycles. The topological polar surface area (TPSA) is 63.9 Å². The van der Waals surface area contributed by atoms with Crippen molar-refractivity contribution in [2.75, 3.05) is 19.6 Å². The molecule has 82 valence electrons. The number of rotatable bonds is 2. The predicted octanol–water partition coefficient (Wildman–Crippen LogP) is -0.671. The first-order valence-electron chi connectivity index (χ1n) is 5.40. The molecule has 2 aliphatic rings. The van der Waals surface area contributed by atoms with Crippen molar-refractivity contribution >= 4 is 0 Å². The highest BCUT2D eigenvalue weighted by atomic mass is 16.3. The molecule has 1 aliphatic carbocycles. The van der Waals surface area contributed by atoms with Gasteiger partial charge in [0.25, 0.3) is 0 Å². The lowest BCUT2D eigenvalue weighted by molar-refractivity contribution is 0.0123. The van der Waals surface area contributed by atoms with Crippen molar-refractivity contribution in [3.8, 4) is 0 Å². The average molecular weight is 201 g/mol. The lowest BCUT2D eigenvalue weighted by Gasteiger charge is -2.27. The lowest BCUT2D eigenvalue weighted by atomic mass is 10.0. The molecule has 0 spiro atoms. The van der Waals surface area contributed by atoms with Crippen molar-refractivity contribution in [1.82, 2.24) is 4.90 Å². The molecule has 2 rings (SSSR count). The van der Waals surface area contributed by atoms with E-state index < -0.39 is 17.8 Å². The first-order valence-corrected chi connectivity index (χ1v) is 5.40. The highest BCUT2D eigenvalue weighted by molar-refractivity contribution is 4.92. The summed E-state index contributed by atoms with van der Waals surface area (Å²) in [6, 6.07) is 0. The number of β-amino-alcohol motifs (C(OH)–C–C–N with tert-alkyl or cyclic N) is 3. The van der Waals surface area contributed by atoms with E-state index in [9.17, 15) is 15.3 Å². The van der Waals surface area contributed by atoms with Crippen LogP contribution in [0.25, 0.3) is 0 Å². The molecule has 0 radical (unpaired) electrons. The monoisotopic (exact) mass is 201 g/mol. The number of likely N-dealkylation sites (tertiary alicyclic amines) is 1. The third kappa shape index (κ3) is 2.08. The zero-order valence-electron chi connectivity index (χ0n) is 8.39. The smallest absolute Gasteiger partial charge is 0.0938 e. The van der Waals surface area contributed by atoms with Gasteiger partial charge in [-0.2, -0.15) is 0 Å². The third-order valence-corrected chi connectivity index (χ3v) is 3.39. The van der Waals surface area contributed by atoms with Crippen molar-refractivity contribution in [3.63, 3.8) is 0 Å². The quantitative estimate of drug-likeness (QED) is 0.554. The summed E-state index contributed by atoms with van der Waals surface area (Å²) in [5.41, 5.74) is -0.566. The van der Waals surface area contributed by atoms with Crippen molar-refractivity contribution in [2.45, 2.75) is 43.5 Å². The Morgan fingerprint density at radius 1 is 1.07 bits per heavy atom. The standard InChI is InChI=1S/C10H19NO3/c12-8-5-11(6-9(8)13)7-10(14)3-1-2-4-10/h8-9,12-14H,1-7H2/t8-,9+. The lowest BCUT2D eigenvalue weighted by Crippen LogP contribution is -2.40. The number of hydrogen-bond acceptors (Lipinski definition) is 4. The molecule has 0 aromatic carbocycles. The summed E-state index contributed by atoms with van der Waals surface area (Å²) >= 11 is 0. The van der Waals surface area contributed by atoms with Crippen molar-refractivity contribution in [2.24, 2.45) is 0 Å². The Balaban J connectivity index is 1.86. The molecule has 14 heavy (non-hydrogen) atoms. The second-order valence-corrected chi connectivity index (χ2v) is 4.76. The molecule has 4 nitrogen and oxygen atoms in total. The Kier molecular flexibility index (Phi) is 2.79. The summed E-state index contributed by atoms with van der Waals surface area (Å²) in [5.74, 6) is 0. The number of aliphatic hydroxyl groups excluding tert-OH is 2. The van der Waals surface area contributed by atoms with Crippen LogP contribution in [0.2, 0.25) is 0 Å². The van der Waals surface area contributed by atoms with Crippen LogP contribution in [0.1, 0.15) is 25.7 Å². The Morgan fingerprint density at radius 2 is 1.57 bits per heavy atom. The van der Waals surface area contributed by atoms with Crippen LogP contribution in [0.5, 0.6) is 0 Å². The van der Waals surface area contributed by atoms with Crippen LogP contribution in [0.3, 0.4) is 0 Å². The molecular weight excluding hydrogens is 182 g/mol. The fraction of sp³-hybridized carbons (Fsp3) is 1.00.